The van der Waals surface area contributed by atoms with Crippen LogP contribution >= 0.6 is 11.3 Å². The van der Waals surface area contributed by atoms with Crippen LogP contribution in [0.1, 0.15) is 78.1 Å². The Balaban J connectivity index is 1.56. The van der Waals surface area contributed by atoms with Crippen molar-refractivity contribution in [1.82, 2.24) is 9.21 Å². The first kappa shape index (κ1) is 26.8. The fourth-order valence-corrected chi connectivity index (χ4v) is 7.84. The molecular weight excluding hydrogens is 498 g/mol. The third kappa shape index (κ3) is 5.37. The summed E-state index contributed by atoms with van der Waals surface area (Å²) < 4.78 is 33.1. The number of hydrogen-bond donors (Lipinski definition) is 1. The van der Waals surface area contributed by atoms with Crippen molar-refractivity contribution in [2.45, 2.75) is 76.9 Å². The lowest BCUT2D eigenvalue weighted by Crippen LogP contribution is -2.41. The molecular formula is C26H35N3O5S2. The van der Waals surface area contributed by atoms with E-state index in [9.17, 15) is 18.0 Å². The fourth-order valence-electron chi connectivity index (χ4n) is 4.89. The van der Waals surface area contributed by atoms with Crippen LogP contribution in [0.15, 0.2) is 29.2 Å². The number of anilines is 1. The maximum absolute atomic E-state index is 13.1. The van der Waals surface area contributed by atoms with Gasteiger partial charge in [-0.3, -0.25) is 9.69 Å². The van der Waals surface area contributed by atoms with Gasteiger partial charge in [0.05, 0.1) is 17.1 Å². The Hall–Kier alpha value is -2.27. The predicted molar refractivity (Wildman–Crippen MR) is 141 cm³/mol. The second-order valence-corrected chi connectivity index (χ2v) is 12.7. The molecule has 1 N–H and O–H groups in total. The molecule has 196 valence electrons. The molecule has 36 heavy (non-hydrogen) atoms. The predicted octanol–water partition coefficient (Wildman–Crippen LogP) is 4.51. The number of hydrogen-bond acceptors (Lipinski definition) is 7. The first-order chi connectivity index (χ1) is 17.1. The van der Waals surface area contributed by atoms with Crippen LogP contribution in [0.3, 0.4) is 0 Å². The van der Waals surface area contributed by atoms with E-state index >= 15 is 0 Å². The Morgan fingerprint density at radius 2 is 1.89 bits per heavy atom. The highest BCUT2D eigenvalue weighted by Crippen LogP contribution is 2.38. The number of fused-ring (bicyclic) bond motifs is 1. The number of rotatable bonds is 7. The van der Waals surface area contributed by atoms with Crippen molar-refractivity contribution >= 4 is 38.2 Å². The molecule has 1 saturated heterocycles. The van der Waals surface area contributed by atoms with E-state index in [-0.39, 0.29) is 17.5 Å². The highest BCUT2D eigenvalue weighted by Gasteiger charge is 2.32. The van der Waals surface area contributed by atoms with Crippen molar-refractivity contribution in [2.24, 2.45) is 0 Å². The topological polar surface area (TPSA) is 96.0 Å². The second-order valence-electron chi connectivity index (χ2n) is 9.68. The molecule has 1 fully saturated rings. The first-order valence-electron chi connectivity index (χ1n) is 12.6. The van der Waals surface area contributed by atoms with Crippen LogP contribution in [0.2, 0.25) is 0 Å². The first-order valence-corrected chi connectivity index (χ1v) is 14.9. The number of thiophene rings is 1. The Labute approximate surface area is 217 Å². The maximum atomic E-state index is 13.1. The number of esters is 1. The van der Waals surface area contributed by atoms with Crippen LogP contribution in [0, 0.1) is 0 Å². The molecule has 8 nitrogen and oxygen atoms in total. The van der Waals surface area contributed by atoms with Crippen molar-refractivity contribution in [3.8, 4) is 0 Å². The lowest BCUT2D eigenvalue weighted by molar-refractivity contribution is 0.0526. The number of nitrogens with zero attached hydrogens (tertiary/aromatic N) is 2. The van der Waals surface area contributed by atoms with Gasteiger partial charge in [0.2, 0.25) is 10.0 Å². The standard InChI is InChI=1S/C26H35N3O5S2/c1-5-34-26(31)23-21-13-15-28(17(2)3)16-22(21)35-25(23)27-24(30)19-9-11-20(12-10-19)36(32,33)29-14-7-6-8-18(29)4/h9-12,17-18H,5-8,13-16H2,1-4H3,(H,27,30). The van der Waals surface area contributed by atoms with Gasteiger partial charge >= 0.3 is 5.97 Å². The number of benzene rings is 1. The Kier molecular flexibility index (Phi) is 8.18. The van der Waals surface area contributed by atoms with Crippen LogP contribution in [0.25, 0.3) is 0 Å². The molecule has 1 atom stereocenters. The number of sulfonamides is 1. The van der Waals surface area contributed by atoms with E-state index in [4.69, 9.17) is 4.74 Å². The number of carbonyl (C=O) groups is 2. The summed E-state index contributed by atoms with van der Waals surface area (Å²) in [5, 5.41) is 3.38. The summed E-state index contributed by atoms with van der Waals surface area (Å²) in [6.45, 7) is 10.3. The van der Waals surface area contributed by atoms with Crippen LogP contribution in [0.5, 0.6) is 0 Å². The molecule has 3 heterocycles. The Morgan fingerprint density at radius 1 is 1.17 bits per heavy atom. The van der Waals surface area contributed by atoms with Gasteiger partial charge in [-0.15, -0.1) is 11.3 Å². The largest absolute Gasteiger partial charge is 0.462 e. The van der Waals surface area contributed by atoms with Gasteiger partial charge < -0.3 is 10.1 Å². The van der Waals surface area contributed by atoms with Gasteiger partial charge in [0, 0.05) is 42.2 Å². The smallest absolute Gasteiger partial charge is 0.341 e. The van der Waals surface area contributed by atoms with Crippen molar-refractivity contribution in [2.75, 3.05) is 25.0 Å². The summed E-state index contributed by atoms with van der Waals surface area (Å²) in [7, 11) is -3.61. The minimum atomic E-state index is -3.61. The lowest BCUT2D eigenvalue weighted by atomic mass is 10.0. The molecule has 1 aromatic carbocycles. The summed E-state index contributed by atoms with van der Waals surface area (Å²) in [6, 6.07) is 6.36. The van der Waals surface area contributed by atoms with Crippen LogP contribution < -0.4 is 5.32 Å². The number of ether oxygens (including phenoxy) is 1. The van der Waals surface area contributed by atoms with E-state index in [1.165, 1.54) is 35.6 Å². The Bertz CT molecular complexity index is 1220. The third-order valence-electron chi connectivity index (χ3n) is 6.99. The number of piperidine rings is 1. The van der Waals surface area contributed by atoms with Gasteiger partial charge in [0.15, 0.2) is 0 Å². The summed E-state index contributed by atoms with van der Waals surface area (Å²) in [4.78, 5) is 29.5. The molecule has 2 aromatic rings. The highest BCUT2D eigenvalue weighted by atomic mass is 32.2. The molecule has 0 radical (unpaired) electrons. The van der Waals surface area contributed by atoms with E-state index in [1.54, 1.807) is 11.2 Å². The van der Waals surface area contributed by atoms with Crippen LogP contribution in [0.4, 0.5) is 5.00 Å². The second kappa shape index (κ2) is 11.0. The lowest BCUT2D eigenvalue weighted by Gasteiger charge is -2.32. The molecule has 0 saturated carbocycles. The minimum absolute atomic E-state index is 0.0375. The van der Waals surface area contributed by atoms with E-state index in [1.807, 2.05) is 6.92 Å². The van der Waals surface area contributed by atoms with Gasteiger partial charge in [0.1, 0.15) is 5.00 Å². The summed E-state index contributed by atoms with van der Waals surface area (Å²) >= 11 is 1.41. The summed E-state index contributed by atoms with van der Waals surface area (Å²) in [6.07, 6.45) is 3.45. The molecule has 2 aliphatic heterocycles. The molecule has 1 amide bonds. The van der Waals surface area contributed by atoms with Crippen molar-refractivity contribution in [1.29, 1.82) is 0 Å². The van der Waals surface area contributed by atoms with Gasteiger partial charge in [-0.05, 0) is 76.8 Å². The fraction of sp³-hybridized carbons (Fsp3) is 0.538. The monoisotopic (exact) mass is 533 g/mol. The van der Waals surface area contributed by atoms with Gasteiger partial charge in [-0.1, -0.05) is 6.42 Å². The quantitative estimate of drug-likeness (QED) is 0.526. The molecule has 0 aliphatic carbocycles. The molecule has 1 unspecified atom stereocenters. The van der Waals surface area contributed by atoms with E-state index in [2.05, 4.69) is 24.1 Å². The average molecular weight is 534 g/mol. The van der Waals surface area contributed by atoms with Gasteiger partial charge in [0.25, 0.3) is 5.91 Å². The summed E-state index contributed by atoms with van der Waals surface area (Å²) in [5.74, 6) is -0.824. The number of nitrogens with one attached hydrogen (secondary N) is 1. The van der Waals surface area contributed by atoms with Gasteiger partial charge in [-0.2, -0.15) is 4.31 Å². The zero-order valence-electron chi connectivity index (χ0n) is 21.4. The maximum Gasteiger partial charge on any atom is 0.341 e. The van der Waals surface area contributed by atoms with Crippen molar-refractivity contribution < 1.29 is 22.7 Å². The molecule has 4 rings (SSSR count). The van der Waals surface area contributed by atoms with Crippen LogP contribution in [-0.4, -0.2) is 61.3 Å². The average Bonchev–Trinajstić information content (AvgIpc) is 3.21. The highest BCUT2D eigenvalue weighted by molar-refractivity contribution is 7.89. The molecule has 10 heteroatoms. The molecule has 2 aliphatic rings. The number of carbonyl (C=O) groups excluding carboxylic acids is 2. The molecule has 0 bridgehead atoms. The number of amides is 1. The van der Waals surface area contributed by atoms with E-state index in [0.717, 1.165) is 49.2 Å². The molecule has 1 aromatic heterocycles. The molecule has 0 spiro atoms. The Morgan fingerprint density at radius 3 is 2.53 bits per heavy atom. The van der Waals surface area contributed by atoms with Crippen molar-refractivity contribution in [3.05, 3.63) is 45.8 Å². The zero-order valence-corrected chi connectivity index (χ0v) is 23.0. The normalized spacial score (nSPS) is 19.2. The zero-order chi connectivity index (χ0) is 26.0. The van der Waals surface area contributed by atoms with Crippen LogP contribution in [-0.2, 0) is 27.7 Å². The van der Waals surface area contributed by atoms with Gasteiger partial charge in [-0.25, -0.2) is 13.2 Å². The van der Waals surface area contributed by atoms with Crippen molar-refractivity contribution in [3.63, 3.8) is 0 Å². The van der Waals surface area contributed by atoms with E-state index < -0.39 is 21.9 Å². The SMILES string of the molecule is CCOC(=O)c1c(NC(=O)c2ccc(S(=O)(=O)N3CCCCC3C)cc2)sc2c1CCN(C(C)C)C2. The minimum Gasteiger partial charge on any atom is -0.462 e. The summed E-state index contributed by atoms with van der Waals surface area (Å²) in [5.41, 5.74) is 1.71. The third-order valence-corrected chi connectivity index (χ3v) is 10.1. The van der Waals surface area contributed by atoms with E-state index in [0.29, 0.717) is 28.7 Å².